The highest BCUT2D eigenvalue weighted by Crippen LogP contribution is 2.40. The smallest absolute Gasteiger partial charge is 0.352 e. The number of fused-ring (bicyclic) bond motifs is 1. The quantitative estimate of drug-likeness (QED) is 0.156. The van der Waals surface area contributed by atoms with E-state index in [2.05, 4.69) is 22.0 Å². The summed E-state index contributed by atoms with van der Waals surface area (Å²) in [5, 5.41) is 25.5. The Labute approximate surface area is 189 Å². The highest BCUT2D eigenvalue weighted by Gasteiger charge is 2.54. The fraction of sp³-hybridized carbons (Fsp3) is 0.333. The van der Waals surface area contributed by atoms with Crippen molar-refractivity contribution in [3.8, 4) is 0 Å². The van der Waals surface area contributed by atoms with Crippen molar-refractivity contribution >= 4 is 57.7 Å². The summed E-state index contributed by atoms with van der Waals surface area (Å²) >= 11 is 2.37. The Morgan fingerprint density at radius 2 is 2.19 bits per heavy atom. The van der Waals surface area contributed by atoms with Crippen LogP contribution in [0.1, 0.15) is 18.5 Å². The van der Waals surface area contributed by atoms with Crippen molar-refractivity contribution in [2.24, 2.45) is 5.16 Å². The van der Waals surface area contributed by atoms with Gasteiger partial charge in [0.15, 0.2) is 10.8 Å². The van der Waals surface area contributed by atoms with Crippen LogP contribution in [0.15, 0.2) is 34.5 Å². The van der Waals surface area contributed by atoms with Crippen LogP contribution in [-0.4, -0.2) is 73.3 Å². The molecule has 2 aliphatic heterocycles. The summed E-state index contributed by atoms with van der Waals surface area (Å²) in [5.41, 5.74) is 5.79. The molecule has 0 saturated carbocycles. The van der Waals surface area contributed by atoms with Gasteiger partial charge in [-0.2, -0.15) is 0 Å². The lowest BCUT2D eigenvalue weighted by atomic mass is 10.0. The summed E-state index contributed by atoms with van der Waals surface area (Å²) in [5.74, 6) is -3.26. The number of allylic oxidation sites excluding steroid dienone is 1. The van der Waals surface area contributed by atoms with E-state index in [1.165, 1.54) is 23.2 Å². The number of aliphatic carboxylic acids is 2. The average molecular weight is 482 g/mol. The van der Waals surface area contributed by atoms with Crippen LogP contribution in [0.25, 0.3) is 0 Å². The van der Waals surface area contributed by atoms with Crippen LogP contribution in [0.5, 0.6) is 0 Å². The van der Waals surface area contributed by atoms with Crippen LogP contribution in [-0.2, 0) is 24.0 Å². The molecule has 2 aliphatic rings. The van der Waals surface area contributed by atoms with Gasteiger partial charge in [0.05, 0.1) is 0 Å². The monoisotopic (exact) mass is 481 g/mol. The molecule has 1 saturated heterocycles. The number of oxime groups is 1. The topological polar surface area (TPSA) is 185 Å². The summed E-state index contributed by atoms with van der Waals surface area (Å²) in [4.78, 5) is 57.9. The molecular weight excluding hydrogens is 462 g/mol. The minimum atomic E-state index is -1.25. The van der Waals surface area contributed by atoms with Gasteiger partial charge in [-0.15, -0.1) is 23.1 Å². The number of carboxylic acids is 2. The second-order valence-corrected chi connectivity index (χ2v) is 8.58. The fourth-order valence-corrected chi connectivity index (χ4v) is 4.90. The normalized spacial score (nSPS) is 20.3. The predicted octanol–water partition coefficient (Wildman–Crippen LogP) is 0.235. The van der Waals surface area contributed by atoms with Crippen molar-refractivity contribution in [2.45, 2.75) is 24.3 Å². The minimum Gasteiger partial charge on any atom is -0.481 e. The number of nitrogens with two attached hydrogens (primary N) is 1. The Morgan fingerprint density at radius 1 is 1.44 bits per heavy atom. The molecule has 0 spiro atoms. The van der Waals surface area contributed by atoms with E-state index in [-0.39, 0.29) is 41.7 Å². The maximum atomic E-state index is 12.9. The van der Waals surface area contributed by atoms with Gasteiger partial charge in [-0.1, -0.05) is 17.8 Å². The summed E-state index contributed by atoms with van der Waals surface area (Å²) in [6.45, 7) is 3.54. The third-order valence-corrected chi connectivity index (χ3v) is 6.47. The molecule has 0 radical (unpaired) electrons. The van der Waals surface area contributed by atoms with Gasteiger partial charge in [-0.25, -0.2) is 9.78 Å². The minimum absolute atomic E-state index is 0.0472. The van der Waals surface area contributed by atoms with Crippen molar-refractivity contribution in [1.82, 2.24) is 15.2 Å². The Balaban J connectivity index is 1.73. The maximum absolute atomic E-state index is 12.9. The predicted molar refractivity (Wildman–Crippen MR) is 116 cm³/mol. The number of rotatable bonds is 10. The van der Waals surface area contributed by atoms with Crippen molar-refractivity contribution in [3.05, 3.63) is 35.0 Å². The number of anilines is 1. The molecular formula is C18H19N5O7S2. The third kappa shape index (κ3) is 4.75. The molecule has 1 fully saturated rings. The van der Waals surface area contributed by atoms with Gasteiger partial charge in [0.1, 0.15) is 29.4 Å². The third-order valence-electron chi connectivity index (χ3n) is 4.50. The summed E-state index contributed by atoms with van der Waals surface area (Å²) < 4.78 is 0. The van der Waals surface area contributed by atoms with Crippen LogP contribution in [0.3, 0.4) is 0 Å². The van der Waals surface area contributed by atoms with Gasteiger partial charge in [0.2, 0.25) is 0 Å². The molecule has 3 heterocycles. The molecule has 5 N–H and O–H groups in total. The molecule has 3 rings (SSSR count). The molecule has 12 nitrogen and oxygen atoms in total. The Morgan fingerprint density at radius 3 is 2.78 bits per heavy atom. The standard InChI is InChI=1S/C18H19N5O7S2/c1-2-8-6-31-16-12(15(27)23(16)13(8)17(28)29)21-14(26)11(9-7-32-18(19)20-9)22-30-5-3-4-10(24)25/h2,7,12,16H,1,3-6H2,(H2,19,20)(H,21,26)(H,24,25)(H,28,29)/t12?,16-/m0/s1. The van der Waals surface area contributed by atoms with Gasteiger partial charge >= 0.3 is 11.9 Å². The zero-order chi connectivity index (χ0) is 23.4. The molecule has 0 aliphatic carbocycles. The van der Waals surface area contributed by atoms with Crippen LogP contribution >= 0.6 is 23.1 Å². The van der Waals surface area contributed by atoms with Crippen molar-refractivity contribution in [2.75, 3.05) is 18.1 Å². The lowest BCUT2D eigenvalue weighted by Gasteiger charge is -2.49. The van der Waals surface area contributed by atoms with E-state index in [0.29, 0.717) is 11.3 Å². The largest absolute Gasteiger partial charge is 0.481 e. The van der Waals surface area contributed by atoms with Crippen molar-refractivity contribution in [1.29, 1.82) is 0 Å². The van der Waals surface area contributed by atoms with E-state index in [1.54, 1.807) is 0 Å². The van der Waals surface area contributed by atoms with Crippen molar-refractivity contribution in [3.63, 3.8) is 0 Å². The van der Waals surface area contributed by atoms with Crippen LogP contribution in [0, 0.1) is 0 Å². The second-order valence-electron chi connectivity index (χ2n) is 6.59. The number of amides is 2. The molecule has 32 heavy (non-hydrogen) atoms. The van der Waals surface area contributed by atoms with Crippen LogP contribution in [0.2, 0.25) is 0 Å². The molecule has 0 bridgehead atoms. The van der Waals surface area contributed by atoms with Crippen molar-refractivity contribution < 1.29 is 34.2 Å². The number of thiazole rings is 1. The number of aromatic nitrogens is 1. The molecule has 0 aromatic carbocycles. The number of nitrogen functional groups attached to an aromatic ring is 1. The van der Waals surface area contributed by atoms with Gasteiger partial charge in [0, 0.05) is 17.6 Å². The van der Waals surface area contributed by atoms with E-state index >= 15 is 0 Å². The Bertz CT molecular complexity index is 1030. The number of thioether (sulfide) groups is 1. The summed E-state index contributed by atoms with van der Waals surface area (Å²) in [6, 6.07) is -0.971. The molecule has 14 heteroatoms. The van der Waals surface area contributed by atoms with E-state index in [0.717, 1.165) is 16.2 Å². The lowest BCUT2D eigenvalue weighted by molar-refractivity contribution is -0.150. The SMILES string of the molecule is C=CC1=C(C(=O)O)N2C(=O)C(NC(=O)C(=NOCCCC(=O)O)c3csc(N)n3)[C@@H]2SC1. The number of nitrogens with one attached hydrogen (secondary N) is 1. The highest BCUT2D eigenvalue weighted by atomic mass is 32.2. The number of hydrogen-bond donors (Lipinski definition) is 4. The number of hydrogen-bond acceptors (Lipinski definition) is 10. The fourth-order valence-electron chi connectivity index (χ4n) is 3.01. The first kappa shape index (κ1) is 23.3. The zero-order valence-corrected chi connectivity index (χ0v) is 18.1. The molecule has 1 aromatic rings. The van der Waals surface area contributed by atoms with Crippen LogP contribution < -0.4 is 11.1 Å². The molecule has 2 amide bonds. The number of carbonyl (C=O) groups excluding carboxylic acids is 2. The van der Waals surface area contributed by atoms with E-state index in [9.17, 15) is 24.3 Å². The number of carbonyl (C=O) groups is 4. The molecule has 170 valence electrons. The summed E-state index contributed by atoms with van der Waals surface area (Å²) in [6.07, 6.45) is 1.45. The first-order valence-electron chi connectivity index (χ1n) is 9.22. The van der Waals surface area contributed by atoms with E-state index in [1.807, 2.05) is 0 Å². The van der Waals surface area contributed by atoms with E-state index in [4.69, 9.17) is 15.7 Å². The number of nitrogens with zero attached hydrogens (tertiary/aromatic N) is 3. The van der Waals surface area contributed by atoms with Crippen LogP contribution in [0.4, 0.5) is 5.13 Å². The zero-order valence-electron chi connectivity index (χ0n) is 16.5. The second kappa shape index (κ2) is 9.82. The summed E-state index contributed by atoms with van der Waals surface area (Å²) in [7, 11) is 0. The van der Waals surface area contributed by atoms with E-state index < -0.39 is 35.2 Å². The first-order valence-corrected chi connectivity index (χ1v) is 11.1. The van der Waals surface area contributed by atoms with Gasteiger partial charge in [-0.3, -0.25) is 19.3 Å². The number of β-lactam (4-membered cyclic amide) rings is 1. The highest BCUT2D eigenvalue weighted by molar-refractivity contribution is 8.00. The van der Waals surface area contributed by atoms with Gasteiger partial charge < -0.3 is 26.1 Å². The first-order chi connectivity index (χ1) is 15.2. The molecule has 2 atom stereocenters. The molecule has 1 unspecified atom stereocenters. The maximum Gasteiger partial charge on any atom is 0.352 e. The molecule has 1 aromatic heterocycles. The Hall–Kier alpha value is -3.39. The number of carboxylic acid groups (broad SMARTS) is 2. The van der Waals surface area contributed by atoms with Gasteiger partial charge in [-0.05, 0) is 12.0 Å². The lowest BCUT2D eigenvalue weighted by Crippen LogP contribution is -2.71. The van der Waals surface area contributed by atoms with Gasteiger partial charge in [0.25, 0.3) is 11.8 Å². The average Bonchev–Trinajstić information content (AvgIpc) is 3.18. The Kier molecular flexibility index (Phi) is 7.15.